The average Bonchev–Trinajstić information content (AvgIpc) is 2.66. The molecule has 0 atom stereocenters. The Kier molecular flexibility index (Phi) is 6.08. The first-order chi connectivity index (χ1) is 12.9. The smallest absolute Gasteiger partial charge is 0.238 e. The number of anilines is 1. The summed E-state index contributed by atoms with van der Waals surface area (Å²) >= 11 is 0. The quantitative estimate of drug-likeness (QED) is 0.818. The molecule has 1 amide bonds. The molecule has 2 N–H and O–H groups in total. The number of nitrogens with one attached hydrogen (secondary N) is 1. The number of benzene rings is 2. The minimum absolute atomic E-state index is 0.185. The molecule has 1 aliphatic heterocycles. The van der Waals surface area contributed by atoms with Gasteiger partial charge in [-0.15, -0.1) is 0 Å². The second-order valence-corrected chi connectivity index (χ2v) is 7.11. The van der Waals surface area contributed by atoms with E-state index in [0.717, 1.165) is 11.3 Å². The van der Waals surface area contributed by atoms with Crippen LogP contribution in [0.4, 0.5) is 10.1 Å². The Labute approximate surface area is 158 Å². The maximum absolute atomic E-state index is 13.3. The molecule has 0 spiro atoms. The fourth-order valence-corrected chi connectivity index (χ4v) is 3.13. The van der Waals surface area contributed by atoms with Gasteiger partial charge in [0.2, 0.25) is 5.91 Å². The van der Waals surface area contributed by atoms with Crippen molar-refractivity contribution in [2.75, 3.05) is 31.6 Å². The van der Waals surface area contributed by atoms with E-state index in [2.05, 4.69) is 5.32 Å². The van der Waals surface area contributed by atoms with Gasteiger partial charge in [0.05, 0.1) is 6.54 Å². The van der Waals surface area contributed by atoms with Crippen molar-refractivity contribution in [2.45, 2.75) is 25.4 Å². The van der Waals surface area contributed by atoms with E-state index in [1.807, 2.05) is 42.2 Å². The predicted octanol–water partition coefficient (Wildman–Crippen LogP) is 2.98. The zero-order valence-electron chi connectivity index (χ0n) is 15.5. The molecule has 1 aliphatic rings. The van der Waals surface area contributed by atoms with Crippen molar-refractivity contribution in [2.24, 2.45) is 0 Å². The van der Waals surface area contributed by atoms with Crippen LogP contribution in [0.3, 0.4) is 0 Å². The second kappa shape index (κ2) is 8.50. The fraction of sp³-hybridized carbons (Fsp3) is 0.381. The lowest BCUT2D eigenvalue weighted by Crippen LogP contribution is -2.49. The summed E-state index contributed by atoms with van der Waals surface area (Å²) in [4.78, 5) is 14.2. The topological polar surface area (TPSA) is 61.8 Å². The highest BCUT2D eigenvalue weighted by Gasteiger charge is 2.33. The number of para-hydroxylation sites is 1. The fourth-order valence-electron chi connectivity index (χ4n) is 3.13. The predicted molar refractivity (Wildman–Crippen MR) is 102 cm³/mol. The molecule has 2 aromatic rings. The molecule has 6 heteroatoms. The number of halogens is 1. The summed E-state index contributed by atoms with van der Waals surface area (Å²) in [6.45, 7) is 3.47. The lowest BCUT2D eigenvalue weighted by atomic mass is 9.92. The Balaban J connectivity index is 1.46. The molecule has 2 aromatic carbocycles. The van der Waals surface area contributed by atoms with Crippen LogP contribution in [0.25, 0.3) is 0 Å². The molecule has 144 valence electrons. The first kappa shape index (κ1) is 19.3. The molecule has 0 saturated carbocycles. The van der Waals surface area contributed by atoms with Crippen LogP contribution in [0.15, 0.2) is 48.5 Å². The highest BCUT2D eigenvalue weighted by atomic mass is 19.1. The second-order valence-electron chi connectivity index (χ2n) is 7.11. The van der Waals surface area contributed by atoms with Crippen LogP contribution in [0, 0.1) is 12.7 Å². The molecule has 1 saturated heterocycles. The number of carbonyl (C=O) groups excluding carboxylic acids is 1. The van der Waals surface area contributed by atoms with Crippen LogP contribution >= 0.6 is 0 Å². The van der Waals surface area contributed by atoms with E-state index < -0.39 is 5.60 Å². The van der Waals surface area contributed by atoms with Crippen molar-refractivity contribution in [3.8, 4) is 5.75 Å². The van der Waals surface area contributed by atoms with Gasteiger partial charge in [0, 0.05) is 18.8 Å². The molecular weight excluding hydrogens is 347 g/mol. The Bertz CT molecular complexity index is 774. The molecule has 1 heterocycles. The molecule has 0 radical (unpaired) electrons. The zero-order valence-corrected chi connectivity index (χ0v) is 15.5. The Morgan fingerprint density at radius 2 is 1.93 bits per heavy atom. The maximum atomic E-state index is 13.3. The third kappa shape index (κ3) is 5.52. The molecule has 0 aromatic heterocycles. The molecule has 0 bridgehead atoms. The van der Waals surface area contributed by atoms with Gasteiger partial charge < -0.3 is 15.2 Å². The summed E-state index contributed by atoms with van der Waals surface area (Å²) in [7, 11) is 0. The Morgan fingerprint density at radius 3 is 2.63 bits per heavy atom. The molecule has 27 heavy (non-hydrogen) atoms. The summed E-state index contributed by atoms with van der Waals surface area (Å²) in [6, 6.07) is 13.7. The number of nitrogens with zero attached hydrogens (tertiary/aromatic N) is 1. The summed E-state index contributed by atoms with van der Waals surface area (Å²) < 4.78 is 19.0. The van der Waals surface area contributed by atoms with Crippen LogP contribution in [0.5, 0.6) is 5.75 Å². The van der Waals surface area contributed by atoms with Gasteiger partial charge >= 0.3 is 0 Å². The lowest BCUT2D eigenvalue weighted by Gasteiger charge is -2.37. The van der Waals surface area contributed by atoms with E-state index >= 15 is 0 Å². The van der Waals surface area contributed by atoms with Gasteiger partial charge in [-0.05, 0) is 49.6 Å². The van der Waals surface area contributed by atoms with Crippen LogP contribution in [0.2, 0.25) is 0 Å². The van der Waals surface area contributed by atoms with E-state index in [1.54, 1.807) is 6.07 Å². The average molecular weight is 372 g/mol. The van der Waals surface area contributed by atoms with Crippen molar-refractivity contribution in [1.29, 1.82) is 0 Å². The highest BCUT2D eigenvalue weighted by Crippen LogP contribution is 2.24. The molecule has 0 aliphatic carbocycles. The van der Waals surface area contributed by atoms with Gasteiger partial charge in [-0.1, -0.05) is 24.3 Å². The number of piperidine rings is 1. The van der Waals surface area contributed by atoms with E-state index in [0.29, 0.717) is 31.6 Å². The normalized spacial score (nSPS) is 16.7. The minimum Gasteiger partial charge on any atom is -0.491 e. The SMILES string of the molecule is Cc1ccc(F)cc1NC(=O)CN1CCC(O)(COc2ccccc2)CC1. The van der Waals surface area contributed by atoms with Crippen LogP contribution in [-0.4, -0.2) is 47.8 Å². The highest BCUT2D eigenvalue weighted by molar-refractivity contribution is 5.92. The van der Waals surface area contributed by atoms with Gasteiger partial charge in [-0.3, -0.25) is 9.69 Å². The summed E-state index contributed by atoms with van der Waals surface area (Å²) in [5.74, 6) is 0.172. The van der Waals surface area contributed by atoms with Gasteiger partial charge in [0.15, 0.2) is 0 Å². The van der Waals surface area contributed by atoms with Crippen molar-refractivity contribution in [3.63, 3.8) is 0 Å². The van der Waals surface area contributed by atoms with Crippen molar-refractivity contribution in [3.05, 3.63) is 59.9 Å². The molecule has 3 rings (SSSR count). The van der Waals surface area contributed by atoms with Gasteiger partial charge in [-0.2, -0.15) is 0 Å². The first-order valence-corrected chi connectivity index (χ1v) is 9.12. The Hall–Kier alpha value is -2.44. The van der Waals surface area contributed by atoms with Crippen LogP contribution < -0.4 is 10.1 Å². The largest absolute Gasteiger partial charge is 0.491 e. The third-order valence-corrected chi connectivity index (χ3v) is 4.88. The minimum atomic E-state index is -0.887. The van der Waals surface area contributed by atoms with E-state index in [9.17, 15) is 14.3 Å². The molecular formula is C21H25FN2O3. The van der Waals surface area contributed by atoms with Crippen LogP contribution in [0.1, 0.15) is 18.4 Å². The van der Waals surface area contributed by atoms with Crippen molar-refractivity contribution in [1.82, 2.24) is 4.90 Å². The van der Waals surface area contributed by atoms with E-state index in [-0.39, 0.29) is 24.9 Å². The number of aryl methyl sites for hydroxylation is 1. The van der Waals surface area contributed by atoms with Crippen molar-refractivity contribution < 1.29 is 19.0 Å². The summed E-state index contributed by atoms with van der Waals surface area (Å²) in [6.07, 6.45) is 1.07. The number of aliphatic hydroxyl groups is 1. The number of ether oxygens (including phenoxy) is 1. The number of likely N-dealkylation sites (tertiary alicyclic amines) is 1. The zero-order chi connectivity index (χ0) is 19.3. The number of amides is 1. The summed E-state index contributed by atoms with van der Waals surface area (Å²) in [5.41, 5.74) is 0.419. The number of hydrogen-bond acceptors (Lipinski definition) is 4. The first-order valence-electron chi connectivity index (χ1n) is 9.12. The van der Waals surface area contributed by atoms with Crippen molar-refractivity contribution >= 4 is 11.6 Å². The molecule has 1 fully saturated rings. The Morgan fingerprint density at radius 1 is 1.22 bits per heavy atom. The van der Waals surface area contributed by atoms with Crippen LogP contribution in [-0.2, 0) is 4.79 Å². The van der Waals surface area contributed by atoms with E-state index in [4.69, 9.17) is 4.74 Å². The number of carbonyl (C=O) groups is 1. The summed E-state index contributed by atoms with van der Waals surface area (Å²) in [5, 5.41) is 13.5. The van der Waals surface area contributed by atoms with Gasteiger partial charge in [0.25, 0.3) is 0 Å². The van der Waals surface area contributed by atoms with Gasteiger partial charge in [0.1, 0.15) is 23.8 Å². The molecule has 0 unspecified atom stereocenters. The lowest BCUT2D eigenvalue weighted by molar-refractivity contribution is -0.119. The number of rotatable bonds is 6. The third-order valence-electron chi connectivity index (χ3n) is 4.88. The maximum Gasteiger partial charge on any atom is 0.238 e. The van der Waals surface area contributed by atoms with E-state index in [1.165, 1.54) is 12.1 Å². The molecule has 5 nitrogen and oxygen atoms in total. The standard InChI is InChI=1S/C21H25FN2O3/c1-16-7-8-17(22)13-19(16)23-20(25)14-24-11-9-21(26,10-12-24)15-27-18-5-3-2-4-6-18/h2-8,13,26H,9-12,14-15H2,1H3,(H,23,25). The number of hydrogen-bond donors (Lipinski definition) is 2. The monoisotopic (exact) mass is 372 g/mol. The van der Waals surface area contributed by atoms with Gasteiger partial charge in [-0.25, -0.2) is 4.39 Å².